The maximum absolute atomic E-state index is 6.04. The van der Waals surface area contributed by atoms with Gasteiger partial charge in [0.1, 0.15) is 28.5 Å². The van der Waals surface area contributed by atoms with Gasteiger partial charge in [-0.05, 0) is 67.4 Å². The molecule has 4 aromatic rings. The van der Waals surface area contributed by atoms with Crippen LogP contribution < -0.4 is 15.4 Å². The van der Waals surface area contributed by atoms with Crippen molar-refractivity contribution >= 4 is 49.0 Å². The number of anilines is 2. The van der Waals surface area contributed by atoms with E-state index in [0.29, 0.717) is 0 Å². The highest BCUT2D eigenvalue weighted by molar-refractivity contribution is 9.10. The lowest BCUT2D eigenvalue weighted by Gasteiger charge is -2.14. The van der Waals surface area contributed by atoms with E-state index in [1.165, 1.54) is 10.4 Å². The number of aryl methyl sites for hydroxylation is 1. The number of aromatic nitrogens is 2. The van der Waals surface area contributed by atoms with Gasteiger partial charge in [0.25, 0.3) is 0 Å². The van der Waals surface area contributed by atoms with Crippen LogP contribution in [0.4, 0.5) is 11.5 Å². The highest BCUT2D eigenvalue weighted by Crippen LogP contribution is 2.37. The third kappa shape index (κ3) is 3.73. The van der Waals surface area contributed by atoms with Gasteiger partial charge in [0.2, 0.25) is 0 Å². The van der Waals surface area contributed by atoms with Gasteiger partial charge in [0, 0.05) is 21.6 Å². The van der Waals surface area contributed by atoms with E-state index in [1.807, 2.05) is 43.3 Å². The Kier molecular flexibility index (Phi) is 4.95. The molecule has 1 aliphatic heterocycles. The first-order valence-corrected chi connectivity index (χ1v) is 11.1. The van der Waals surface area contributed by atoms with Crippen molar-refractivity contribution in [2.24, 2.45) is 0 Å². The van der Waals surface area contributed by atoms with Gasteiger partial charge in [0.15, 0.2) is 0 Å². The first kappa shape index (κ1) is 18.5. The Morgan fingerprint density at radius 1 is 1.17 bits per heavy atom. The highest BCUT2D eigenvalue weighted by atomic mass is 79.9. The minimum atomic E-state index is 0.805. The number of hydrogen-bond acceptors (Lipinski definition) is 6. The molecule has 0 amide bonds. The molecular formula is C22H19BrN4OS. The van der Waals surface area contributed by atoms with Crippen LogP contribution in [-0.4, -0.2) is 16.5 Å². The Morgan fingerprint density at radius 3 is 2.97 bits per heavy atom. The van der Waals surface area contributed by atoms with Crippen molar-refractivity contribution in [3.05, 3.63) is 69.3 Å². The second-order valence-corrected chi connectivity index (χ2v) is 9.00. The van der Waals surface area contributed by atoms with E-state index in [4.69, 9.17) is 4.74 Å². The van der Waals surface area contributed by atoms with Crippen molar-refractivity contribution in [3.8, 4) is 11.5 Å². The van der Waals surface area contributed by atoms with Crippen molar-refractivity contribution in [3.63, 3.8) is 0 Å². The lowest BCUT2D eigenvalue weighted by atomic mass is 10.1. The van der Waals surface area contributed by atoms with Gasteiger partial charge in [-0.25, -0.2) is 9.97 Å². The van der Waals surface area contributed by atoms with Gasteiger partial charge >= 0.3 is 0 Å². The van der Waals surface area contributed by atoms with Gasteiger partial charge in [-0.3, -0.25) is 0 Å². The summed E-state index contributed by atoms with van der Waals surface area (Å²) >= 11 is 5.23. The average Bonchev–Trinajstić information content (AvgIpc) is 3.10. The van der Waals surface area contributed by atoms with Crippen LogP contribution in [0.2, 0.25) is 0 Å². The molecule has 0 bridgehead atoms. The minimum absolute atomic E-state index is 0.805. The molecule has 2 aromatic carbocycles. The van der Waals surface area contributed by atoms with E-state index in [2.05, 4.69) is 42.6 Å². The molecule has 5 rings (SSSR count). The molecule has 0 atom stereocenters. The number of hydrogen-bond donors (Lipinski definition) is 2. The molecule has 0 aliphatic carbocycles. The van der Waals surface area contributed by atoms with Gasteiger partial charge in [-0.2, -0.15) is 0 Å². The quantitative estimate of drug-likeness (QED) is 0.389. The molecule has 0 spiro atoms. The molecule has 2 N–H and O–H groups in total. The highest BCUT2D eigenvalue weighted by Gasteiger charge is 2.19. The number of nitrogens with zero attached hydrogens (tertiary/aromatic N) is 2. The fourth-order valence-electron chi connectivity index (χ4n) is 3.59. The molecule has 29 heavy (non-hydrogen) atoms. The predicted molar refractivity (Wildman–Crippen MR) is 122 cm³/mol. The number of thiophene rings is 1. The van der Waals surface area contributed by atoms with Crippen LogP contribution in [0.1, 0.15) is 16.0 Å². The maximum atomic E-state index is 6.04. The molecule has 0 unspecified atom stereocenters. The summed E-state index contributed by atoms with van der Waals surface area (Å²) in [6.45, 7) is 3.96. The second-order valence-electron chi connectivity index (χ2n) is 7.00. The molecule has 0 saturated carbocycles. The summed E-state index contributed by atoms with van der Waals surface area (Å²) in [6.07, 6.45) is 2.65. The molecule has 0 saturated heterocycles. The van der Waals surface area contributed by atoms with E-state index in [-0.39, 0.29) is 0 Å². The molecule has 0 radical (unpaired) electrons. The summed E-state index contributed by atoms with van der Waals surface area (Å²) in [5.41, 5.74) is 3.41. The van der Waals surface area contributed by atoms with Crippen LogP contribution in [0, 0.1) is 6.92 Å². The summed E-state index contributed by atoms with van der Waals surface area (Å²) in [5, 5.41) is 8.08. The smallest absolute Gasteiger partial charge is 0.142 e. The molecule has 2 aromatic heterocycles. The standard InChI is InChI=1S/C22H19BrN4OS/c1-13-9-15(5-6-18(13)28-16-4-2-3-14(23)10-16)27-21-20-17-7-8-24-11-19(17)29-22(20)26-12-25-21/h2-6,9-10,12,24H,7-8,11H2,1H3,(H,25,26,27). The van der Waals surface area contributed by atoms with E-state index < -0.39 is 0 Å². The molecule has 7 heteroatoms. The Balaban J connectivity index is 1.44. The first-order chi connectivity index (χ1) is 14.2. The molecule has 3 heterocycles. The second kappa shape index (κ2) is 7.74. The summed E-state index contributed by atoms with van der Waals surface area (Å²) in [6, 6.07) is 13.9. The van der Waals surface area contributed by atoms with E-state index in [1.54, 1.807) is 17.7 Å². The maximum Gasteiger partial charge on any atom is 0.142 e. The van der Waals surface area contributed by atoms with Crippen LogP contribution in [0.25, 0.3) is 10.2 Å². The Morgan fingerprint density at radius 2 is 2.10 bits per heavy atom. The van der Waals surface area contributed by atoms with Crippen molar-refractivity contribution < 1.29 is 4.74 Å². The molecule has 1 aliphatic rings. The van der Waals surface area contributed by atoms with E-state index >= 15 is 0 Å². The van der Waals surface area contributed by atoms with Crippen molar-refractivity contribution in [2.75, 3.05) is 11.9 Å². The van der Waals surface area contributed by atoms with Crippen LogP contribution >= 0.6 is 27.3 Å². The summed E-state index contributed by atoms with van der Waals surface area (Å²) in [4.78, 5) is 11.4. The fourth-order valence-corrected chi connectivity index (χ4v) is 5.12. The molecule has 0 fully saturated rings. The SMILES string of the molecule is Cc1cc(Nc2ncnc3sc4c(c23)CCNC4)ccc1Oc1cccc(Br)c1. The minimum Gasteiger partial charge on any atom is -0.457 e. The van der Waals surface area contributed by atoms with Crippen molar-refractivity contribution in [2.45, 2.75) is 19.9 Å². The molecule has 5 nitrogen and oxygen atoms in total. The van der Waals surface area contributed by atoms with E-state index in [0.717, 1.165) is 62.8 Å². The van der Waals surface area contributed by atoms with Gasteiger partial charge in [-0.15, -0.1) is 11.3 Å². The van der Waals surface area contributed by atoms with E-state index in [9.17, 15) is 0 Å². The van der Waals surface area contributed by atoms with Gasteiger partial charge < -0.3 is 15.4 Å². The number of halogens is 1. The van der Waals surface area contributed by atoms with Crippen molar-refractivity contribution in [1.29, 1.82) is 0 Å². The van der Waals surface area contributed by atoms with Crippen LogP contribution in [0.3, 0.4) is 0 Å². The average molecular weight is 467 g/mol. The van der Waals surface area contributed by atoms with Crippen molar-refractivity contribution in [1.82, 2.24) is 15.3 Å². The molecular weight excluding hydrogens is 448 g/mol. The summed E-state index contributed by atoms with van der Waals surface area (Å²) < 4.78 is 7.03. The Bertz CT molecular complexity index is 1210. The number of fused-ring (bicyclic) bond motifs is 3. The third-order valence-corrected chi connectivity index (χ3v) is 6.60. The summed E-state index contributed by atoms with van der Waals surface area (Å²) in [7, 11) is 0. The van der Waals surface area contributed by atoms with Crippen LogP contribution in [0.15, 0.2) is 53.3 Å². The zero-order valence-corrected chi connectivity index (χ0v) is 18.2. The first-order valence-electron chi connectivity index (χ1n) is 9.44. The fraction of sp³-hybridized carbons (Fsp3) is 0.182. The Hall–Kier alpha value is -2.48. The zero-order valence-electron chi connectivity index (χ0n) is 15.8. The summed E-state index contributed by atoms with van der Waals surface area (Å²) in [5.74, 6) is 2.51. The number of benzene rings is 2. The van der Waals surface area contributed by atoms with Crippen LogP contribution in [-0.2, 0) is 13.0 Å². The normalized spacial score (nSPS) is 13.3. The number of nitrogens with one attached hydrogen (secondary N) is 2. The van der Waals surface area contributed by atoms with Crippen LogP contribution in [0.5, 0.6) is 11.5 Å². The number of rotatable bonds is 4. The predicted octanol–water partition coefficient (Wildman–Crippen LogP) is 5.94. The molecule has 146 valence electrons. The Labute approximate surface area is 181 Å². The zero-order chi connectivity index (χ0) is 19.8. The van der Waals surface area contributed by atoms with Gasteiger partial charge in [-0.1, -0.05) is 22.0 Å². The van der Waals surface area contributed by atoms with Gasteiger partial charge in [0.05, 0.1) is 5.39 Å². The topological polar surface area (TPSA) is 59.1 Å². The lowest BCUT2D eigenvalue weighted by Crippen LogP contribution is -2.22. The lowest BCUT2D eigenvalue weighted by molar-refractivity contribution is 0.478. The number of ether oxygens (including phenoxy) is 1. The third-order valence-electron chi connectivity index (χ3n) is 4.97. The monoisotopic (exact) mass is 466 g/mol. The largest absolute Gasteiger partial charge is 0.457 e.